The van der Waals surface area contributed by atoms with Gasteiger partial charge in [0, 0.05) is 19.9 Å². The standard InChI is InChI=1S/C9H6BrNO2S/c10-5-3-14-6-2-1-4(9(12)13)8(11)7(5)6/h1-3H,11H2,(H,12,13). The van der Waals surface area contributed by atoms with Crippen molar-refractivity contribution in [3.05, 3.63) is 27.5 Å². The Morgan fingerprint density at radius 3 is 2.86 bits per heavy atom. The van der Waals surface area contributed by atoms with E-state index in [0.717, 1.165) is 14.6 Å². The van der Waals surface area contributed by atoms with Crippen molar-refractivity contribution in [2.75, 3.05) is 5.73 Å². The largest absolute Gasteiger partial charge is 0.478 e. The number of aromatic carboxylic acids is 1. The van der Waals surface area contributed by atoms with Gasteiger partial charge in [0.25, 0.3) is 0 Å². The van der Waals surface area contributed by atoms with Crippen LogP contribution in [0.4, 0.5) is 5.69 Å². The van der Waals surface area contributed by atoms with Crippen LogP contribution in [0.5, 0.6) is 0 Å². The maximum Gasteiger partial charge on any atom is 0.337 e. The highest BCUT2D eigenvalue weighted by Gasteiger charge is 2.13. The topological polar surface area (TPSA) is 63.3 Å². The molecule has 0 saturated heterocycles. The third-order valence-corrected chi connectivity index (χ3v) is 3.84. The van der Waals surface area contributed by atoms with E-state index in [1.54, 1.807) is 6.07 Å². The van der Waals surface area contributed by atoms with Crippen molar-refractivity contribution in [1.82, 2.24) is 0 Å². The molecule has 0 spiro atoms. The van der Waals surface area contributed by atoms with E-state index in [1.165, 1.54) is 17.4 Å². The number of fused-ring (bicyclic) bond motifs is 1. The summed E-state index contributed by atoms with van der Waals surface area (Å²) in [6.45, 7) is 0. The molecule has 0 bridgehead atoms. The molecule has 3 N–H and O–H groups in total. The molecule has 3 nitrogen and oxygen atoms in total. The quantitative estimate of drug-likeness (QED) is 0.784. The summed E-state index contributed by atoms with van der Waals surface area (Å²) in [5, 5.41) is 11.5. The van der Waals surface area contributed by atoms with E-state index in [0.29, 0.717) is 5.69 Å². The molecule has 0 radical (unpaired) electrons. The molecule has 0 atom stereocenters. The number of carboxylic acids is 1. The number of carbonyl (C=O) groups is 1. The number of nitrogens with two attached hydrogens (primary N) is 1. The molecule has 0 aliphatic rings. The summed E-state index contributed by atoms with van der Waals surface area (Å²) in [5.41, 5.74) is 6.23. The first-order chi connectivity index (χ1) is 6.61. The van der Waals surface area contributed by atoms with Gasteiger partial charge in [-0.2, -0.15) is 0 Å². The number of rotatable bonds is 1. The van der Waals surface area contributed by atoms with E-state index in [9.17, 15) is 4.79 Å². The molecule has 2 aromatic rings. The van der Waals surface area contributed by atoms with Crippen LogP contribution in [0.15, 0.2) is 22.0 Å². The Bertz CT molecular complexity index is 521. The van der Waals surface area contributed by atoms with Crippen molar-refractivity contribution in [2.45, 2.75) is 0 Å². The van der Waals surface area contributed by atoms with E-state index in [-0.39, 0.29) is 5.56 Å². The summed E-state index contributed by atoms with van der Waals surface area (Å²) in [6, 6.07) is 3.30. The molecule has 72 valence electrons. The van der Waals surface area contributed by atoms with E-state index in [2.05, 4.69) is 15.9 Å². The summed E-state index contributed by atoms with van der Waals surface area (Å²) in [5.74, 6) is -0.998. The van der Waals surface area contributed by atoms with Gasteiger partial charge in [0.05, 0.1) is 11.3 Å². The van der Waals surface area contributed by atoms with E-state index >= 15 is 0 Å². The van der Waals surface area contributed by atoms with Crippen LogP contribution >= 0.6 is 27.3 Å². The molecule has 1 aromatic heterocycles. The number of carboxylic acid groups (broad SMARTS) is 1. The number of hydrogen-bond acceptors (Lipinski definition) is 3. The van der Waals surface area contributed by atoms with Gasteiger partial charge in [0.1, 0.15) is 0 Å². The lowest BCUT2D eigenvalue weighted by atomic mass is 10.1. The fraction of sp³-hybridized carbons (Fsp3) is 0. The number of halogens is 1. The van der Waals surface area contributed by atoms with Crippen LogP contribution in [0.1, 0.15) is 10.4 Å². The van der Waals surface area contributed by atoms with Crippen molar-refractivity contribution in [3.8, 4) is 0 Å². The number of nitrogen functional groups attached to an aromatic ring is 1. The van der Waals surface area contributed by atoms with Crippen LogP contribution in [0, 0.1) is 0 Å². The predicted molar refractivity (Wildman–Crippen MR) is 60.9 cm³/mol. The first-order valence-corrected chi connectivity index (χ1v) is 5.47. The molecule has 0 aliphatic heterocycles. The van der Waals surface area contributed by atoms with Gasteiger partial charge in [0.2, 0.25) is 0 Å². The van der Waals surface area contributed by atoms with Gasteiger partial charge in [-0.1, -0.05) is 0 Å². The second kappa shape index (κ2) is 3.25. The average molecular weight is 272 g/mol. The van der Waals surface area contributed by atoms with Crippen molar-refractivity contribution in [3.63, 3.8) is 0 Å². The Morgan fingerprint density at radius 1 is 1.50 bits per heavy atom. The summed E-state index contributed by atoms with van der Waals surface area (Å²) < 4.78 is 1.83. The van der Waals surface area contributed by atoms with Crippen LogP contribution in [0.25, 0.3) is 10.1 Å². The Kier molecular flexibility index (Phi) is 2.20. The minimum Gasteiger partial charge on any atom is -0.478 e. The molecule has 0 amide bonds. The van der Waals surface area contributed by atoms with Crippen LogP contribution in [-0.4, -0.2) is 11.1 Å². The highest BCUT2D eigenvalue weighted by Crippen LogP contribution is 2.36. The van der Waals surface area contributed by atoms with Gasteiger partial charge >= 0.3 is 5.97 Å². The van der Waals surface area contributed by atoms with Gasteiger partial charge < -0.3 is 10.8 Å². The van der Waals surface area contributed by atoms with Gasteiger partial charge in [-0.3, -0.25) is 0 Å². The third-order valence-electron chi connectivity index (χ3n) is 1.97. The summed E-state index contributed by atoms with van der Waals surface area (Å²) in [4.78, 5) is 10.8. The minimum atomic E-state index is -0.998. The van der Waals surface area contributed by atoms with E-state index in [4.69, 9.17) is 10.8 Å². The Labute approximate surface area is 92.3 Å². The van der Waals surface area contributed by atoms with Gasteiger partial charge in [-0.15, -0.1) is 11.3 Å². The fourth-order valence-corrected chi connectivity index (χ4v) is 2.98. The average Bonchev–Trinajstić information content (AvgIpc) is 2.48. The van der Waals surface area contributed by atoms with Crippen molar-refractivity contribution in [1.29, 1.82) is 0 Å². The second-order valence-electron chi connectivity index (χ2n) is 2.79. The molecule has 2 rings (SSSR count). The van der Waals surface area contributed by atoms with Crippen LogP contribution in [0.2, 0.25) is 0 Å². The van der Waals surface area contributed by atoms with E-state index in [1.807, 2.05) is 5.38 Å². The maximum absolute atomic E-state index is 10.8. The lowest BCUT2D eigenvalue weighted by Crippen LogP contribution is -2.01. The smallest absolute Gasteiger partial charge is 0.337 e. The van der Waals surface area contributed by atoms with Crippen LogP contribution < -0.4 is 5.73 Å². The van der Waals surface area contributed by atoms with Crippen molar-refractivity contribution in [2.24, 2.45) is 0 Å². The molecular weight excluding hydrogens is 266 g/mol. The first-order valence-electron chi connectivity index (χ1n) is 3.79. The molecule has 0 fully saturated rings. The maximum atomic E-state index is 10.8. The first kappa shape index (κ1) is 9.48. The number of benzene rings is 1. The molecule has 0 aliphatic carbocycles. The molecule has 1 heterocycles. The SMILES string of the molecule is Nc1c(C(=O)O)ccc2scc(Br)c12. The third kappa shape index (κ3) is 1.29. The molecule has 0 unspecified atom stereocenters. The zero-order chi connectivity index (χ0) is 10.3. The molecule has 1 aromatic carbocycles. The normalized spacial score (nSPS) is 10.6. The number of hydrogen-bond donors (Lipinski definition) is 2. The zero-order valence-electron chi connectivity index (χ0n) is 6.95. The lowest BCUT2D eigenvalue weighted by Gasteiger charge is -2.02. The molecule has 14 heavy (non-hydrogen) atoms. The number of thiophene rings is 1. The lowest BCUT2D eigenvalue weighted by molar-refractivity contribution is 0.0698. The predicted octanol–water partition coefficient (Wildman–Crippen LogP) is 2.94. The Hall–Kier alpha value is -1.07. The highest BCUT2D eigenvalue weighted by atomic mass is 79.9. The molecular formula is C9H6BrNO2S. The number of anilines is 1. The van der Waals surface area contributed by atoms with Crippen LogP contribution in [0.3, 0.4) is 0 Å². The molecule has 5 heteroatoms. The Balaban J connectivity index is 2.86. The van der Waals surface area contributed by atoms with Gasteiger partial charge in [-0.25, -0.2) is 4.79 Å². The van der Waals surface area contributed by atoms with Gasteiger partial charge in [0.15, 0.2) is 0 Å². The summed E-state index contributed by atoms with van der Waals surface area (Å²) >= 11 is 4.87. The fourth-order valence-electron chi connectivity index (χ4n) is 1.30. The van der Waals surface area contributed by atoms with Gasteiger partial charge in [-0.05, 0) is 28.1 Å². The highest BCUT2D eigenvalue weighted by molar-refractivity contribution is 9.10. The summed E-state index contributed by atoms with van der Waals surface area (Å²) in [6.07, 6.45) is 0. The summed E-state index contributed by atoms with van der Waals surface area (Å²) in [7, 11) is 0. The van der Waals surface area contributed by atoms with Crippen LogP contribution in [-0.2, 0) is 0 Å². The second-order valence-corrected chi connectivity index (χ2v) is 4.55. The van der Waals surface area contributed by atoms with Crippen molar-refractivity contribution < 1.29 is 9.90 Å². The Morgan fingerprint density at radius 2 is 2.21 bits per heavy atom. The van der Waals surface area contributed by atoms with E-state index < -0.39 is 5.97 Å². The zero-order valence-corrected chi connectivity index (χ0v) is 9.35. The minimum absolute atomic E-state index is 0.150. The molecule has 0 saturated carbocycles. The monoisotopic (exact) mass is 271 g/mol. The van der Waals surface area contributed by atoms with Crippen molar-refractivity contribution >= 4 is 49.0 Å².